The fraction of sp³-hybridized carbons (Fsp3) is 0. The Balaban J connectivity index is 1.34. The van der Waals surface area contributed by atoms with Crippen molar-refractivity contribution in [2.24, 2.45) is 0 Å². The van der Waals surface area contributed by atoms with Crippen LogP contribution in [-0.2, 0) is 0 Å². The predicted molar refractivity (Wildman–Crippen MR) is 450 cm³/mol. The summed E-state index contributed by atoms with van der Waals surface area (Å²) in [6.07, 6.45) is 12.7. The van der Waals surface area contributed by atoms with Crippen LogP contribution in [-0.4, -0.2) is 29.9 Å². The number of nitrogens with one attached hydrogen (secondary N) is 2. The second kappa shape index (κ2) is 30.5. The number of hydrogen-bond acceptors (Lipinski definition) is 4. The quantitative estimate of drug-likeness (QED) is 0.128. The van der Waals surface area contributed by atoms with Gasteiger partial charge in [0.25, 0.3) is 0 Å². The van der Waals surface area contributed by atoms with E-state index in [1.165, 1.54) is 0 Å². The number of hydrogen-bond donors (Lipinski definition) is 2. The van der Waals surface area contributed by atoms with Crippen molar-refractivity contribution in [3.8, 4) is 66.8 Å². The van der Waals surface area contributed by atoms with Crippen LogP contribution in [0.3, 0.4) is 0 Å². The van der Waals surface area contributed by atoms with Gasteiger partial charge < -0.3 is 9.97 Å². The summed E-state index contributed by atoms with van der Waals surface area (Å²) in [6, 6.07) is 6.51. The third-order valence-electron chi connectivity index (χ3n) is 15.8. The van der Waals surface area contributed by atoms with Crippen LogP contribution in [0, 0.1) is 0 Å². The standard InChI is InChI=1S/C66H14Cl30N6/c67-37-31(38(68)50(80)61(91)49(37)79)25-13-1-2-14(97-13)26(32-39(69)51(81)62(92)52(82)40(32)70)16-5-6-18(99-16)28(34-43(73)55(85)64(94)56(86)44(34)74)20-9-10-22(101-20)30(36-47(77)59(89)66(96)60(90)48(36)78)24-12-11-23(102-24)29(35-45(75)57(87)65(95)58(88)46(35)76)21-8-7-19(100-21)27(17-4-3-15(25)98-17)33-41(71)53(83)63(93)54(84)42(33)72/h1-12,97,102H. The SMILES string of the molecule is Clc1c(Cl)c(Cl)c(-c2c3nc(c(-c4c(Cl)c(Cl)c(Cl)c(Cl)c4Cl)c4ccc([nH]4)c(-c4c(Cl)c(Cl)c(Cl)c(Cl)c4Cl)c4nc(c(-c5c(Cl)c(Cl)c(Cl)c(Cl)c5Cl)c5nc(c(-c6c(Cl)c(Cl)c(Cl)c(Cl)c6Cl)c6ccc([nH]6)c(-c6c(Cl)c(Cl)c(Cl)c(Cl)c6Cl)c6nc2C=C6)C=C5)C=C4)C=C3)c(Cl)c1Cl. The van der Waals surface area contributed by atoms with Crippen LogP contribution < -0.4 is 0 Å². The van der Waals surface area contributed by atoms with Gasteiger partial charge in [-0.25, -0.2) is 19.9 Å². The lowest BCUT2D eigenvalue weighted by Crippen LogP contribution is -1.95. The van der Waals surface area contributed by atoms with Crippen LogP contribution >= 0.6 is 348 Å². The maximum atomic E-state index is 7.28. The first-order valence-corrected chi connectivity index (χ1v) is 38.8. The average molecular weight is 1950 g/mol. The molecule has 9 aromatic rings. The highest BCUT2D eigenvalue weighted by atomic mass is 35.5. The summed E-state index contributed by atoms with van der Waals surface area (Å²) in [5.41, 5.74) is 2.08. The summed E-state index contributed by atoms with van der Waals surface area (Å²) < 4.78 is 0. The molecule has 0 amide bonds. The van der Waals surface area contributed by atoms with Gasteiger partial charge in [-0.3, -0.25) is 0 Å². The first-order chi connectivity index (χ1) is 48.1. The van der Waals surface area contributed by atoms with Gasteiger partial charge in [-0.2, -0.15) is 0 Å². The van der Waals surface area contributed by atoms with Crippen LogP contribution in [0.2, 0.25) is 151 Å². The Morgan fingerprint density at radius 2 is 0.245 bits per heavy atom. The van der Waals surface area contributed by atoms with Gasteiger partial charge in [0.05, 0.1) is 196 Å². The molecular weight excluding hydrogens is 1940 g/mol. The van der Waals surface area contributed by atoms with E-state index in [1.54, 1.807) is 72.9 Å². The van der Waals surface area contributed by atoms with E-state index in [1.807, 2.05) is 0 Å². The molecule has 0 spiro atoms. The van der Waals surface area contributed by atoms with Gasteiger partial charge in [0.2, 0.25) is 0 Å². The van der Waals surface area contributed by atoms with E-state index in [4.69, 9.17) is 368 Å². The molecule has 0 fully saturated rings. The number of nitrogens with zero attached hydrogens (tertiary/aromatic N) is 4. The van der Waals surface area contributed by atoms with Gasteiger partial charge in [0.15, 0.2) is 0 Å². The normalized spacial score (nSPS) is 12.5. The molecule has 6 nitrogen and oxygen atoms in total. The monoisotopic (exact) mass is 1940 g/mol. The molecule has 4 aliphatic heterocycles. The summed E-state index contributed by atoms with van der Waals surface area (Å²) in [4.78, 5) is 28.0. The van der Waals surface area contributed by atoms with Gasteiger partial charge in [-0.1, -0.05) is 348 Å². The Kier molecular flexibility index (Phi) is 23.7. The van der Waals surface area contributed by atoms with Gasteiger partial charge in [0, 0.05) is 88.8 Å². The van der Waals surface area contributed by atoms with Crippen LogP contribution in [0.1, 0.15) is 45.6 Å². The molecule has 12 bridgehead atoms. The molecule has 0 aliphatic carbocycles. The Morgan fingerprint density at radius 3 is 0.382 bits per heavy atom. The topological polar surface area (TPSA) is 83.1 Å². The molecule has 102 heavy (non-hydrogen) atoms. The molecule has 4 aliphatic rings. The maximum Gasteiger partial charge on any atom is 0.0809 e. The van der Waals surface area contributed by atoms with E-state index in [0.29, 0.717) is 0 Å². The molecule has 518 valence electrons. The highest BCUT2D eigenvalue weighted by Crippen LogP contribution is 2.59. The largest absolute Gasteiger partial charge is 0.354 e. The fourth-order valence-corrected chi connectivity index (χ4v) is 19.2. The zero-order chi connectivity index (χ0) is 73.9. The van der Waals surface area contributed by atoms with Gasteiger partial charge in [-0.05, 0) is 72.9 Å². The van der Waals surface area contributed by atoms with Gasteiger partial charge in [-0.15, -0.1) is 0 Å². The Hall–Kier alpha value is -1.08. The van der Waals surface area contributed by atoms with Crippen molar-refractivity contribution in [3.63, 3.8) is 0 Å². The molecule has 6 aromatic carbocycles. The van der Waals surface area contributed by atoms with Crippen molar-refractivity contribution in [3.05, 3.63) is 220 Å². The molecular formula is C66H14Cl30N6. The van der Waals surface area contributed by atoms with Crippen molar-refractivity contribution in [2.75, 3.05) is 0 Å². The van der Waals surface area contributed by atoms with Crippen molar-refractivity contribution in [1.29, 1.82) is 0 Å². The molecule has 0 unspecified atom stereocenters. The van der Waals surface area contributed by atoms with Gasteiger partial charge in [0.1, 0.15) is 0 Å². The number of aromatic nitrogens is 6. The summed E-state index contributed by atoms with van der Waals surface area (Å²) in [6.45, 7) is 0. The van der Waals surface area contributed by atoms with Crippen LogP contribution in [0.5, 0.6) is 0 Å². The lowest BCUT2D eigenvalue weighted by molar-refractivity contribution is 1.27. The number of H-pyrrole nitrogens is 2. The molecule has 0 radical (unpaired) electrons. The molecule has 0 atom stereocenters. The molecule has 2 N–H and O–H groups in total. The summed E-state index contributed by atoms with van der Waals surface area (Å²) in [5.74, 6) is 0. The number of benzene rings is 6. The average Bonchev–Trinajstić information content (AvgIpc) is 1.49. The smallest absolute Gasteiger partial charge is 0.0809 e. The third-order valence-corrected chi connectivity index (χ3v) is 29.5. The van der Waals surface area contributed by atoms with Crippen LogP contribution in [0.25, 0.3) is 137 Å². The number of aromatic amines is 2. The van der Waals surface area contributed by atoms with E-state index in [0.717, 1.165) is 0 Å². The maximum absolute atomic E-state index is 7.28. The second-order valence-corrected chi connectivity index (χ2v) is 32.7. The summed E-state index contributed by atoms with van der Waals surface area (Å²) in [7, 11) is 0. The molecule has 13 rings (SSSR count). The fourth-order valence-electron chi connectivity index (χ4n) is 11.3. The first kappa shape index (κ1) is 79.0. The Morgan fingerprint density at radius 1 is 0.137 bits per heavy atom. The van der Waals surface area contributed by atoms with Gasteiger partial charge >= 0.3 is 0 Å². The van der Waals surface area contributed by atoms with Crippen LogP contribution in [0.4, 0.5) is 0 Å². The minimum absolute atomic E-state index is 0.00530. The minimum atomic E-state index is -0.201. The minimum Gasteiger partial charge on any atom is -0.354 e. The van der Waals surface area contributed by atoms with E-state index in [9.17, 15) is 0 Å². The number of rotatable bonds is 6. The molecule has 36 heteroatoms. The molecule has 0 saturated carbocycles. The summed E-state index contributed by atoms with van der Waals surface area (Å²) in [5, 5.41) is -5.61. The third kappa shape index (κ3) is 13.1. The lowest BCUT2D eigenvalue weighted by atomic mass is 10.0. The second-order valence-electron chi connectivity index (χ2n) is 21.4. The molecule has 0 saturated heterocycles. The zero-order valence-corrected chi connectivity index (χ0v) is 70.7. The van der Waals surface area contributed by atoms with Crippen LogP contribution in [0.15, 0.2) is 24.3 Å². The van der Waals surface area contributed by atoms with E-state index in [2.05, 4.69) is 9.97 Å². The number of fused-ring (bicyclic) bond motifs is 12. The van der Waals surface area contributed by atoms with Crippen molar-refractivity contribution >= 4 is 419 Å². The lowest BCUT2D eigenvalue weighted by Gasteiger charge is -2.15. The van der Waals surface area contributed by atoms with Crippen molar-refractivity contribution in [2.45, 2.75) is 0 Å². The number of halogens is 30. The highest BCUT2D eigenvalue weighted by molar-refractivity contribution is 6.63. The summed E-state index contributed by atoms with van der Waals surface area (Å²) >= 11 is 211. The van der Waals surface area contributed by atoms with E-state index < -0.39 is 0 Å². The van der Waals surface area contributed by atoms with E-state index >= 15 is 0 Å². The predicted octanol–water partition coefficient (Wildman–Crippen LogP) is 36.3. The Labute approximate surface area is 726 Å². The zero-order valence-electron chi connectivity index (χ0n) is 48.1. The van der Waals surface area contributed by atoms with Crippen molar-refractivity contribution in [1.82, 2.24) is 29.9 Å². The first-order valence-electron chi connectivity index (χ1n) is 27.4. The molecule has 3 aromatic heterocycles. The Bertz CT molecular complexity index is 5100. The highest BCUT2D eigenvalue weighted by Gasteiger charge is 2.34. The van der Waals surface area contributed by atoms with E-state index in [-0.39, 0.29) is 285 Å². The van der Waals surface area contributed by atoms with Crippen molar-refractivity contribution < 1.29 is 0 Å². The molecule has 7 heterocycles.